The SMILES string of the molecule is CC(C#N)N(C)S(=O)(=O)c1ccc2c(c1)OCO2. The number of hydrogen-bond donors (Lipinski definition) is 0. The molecule has 0 aliphatic carbocycles. The normalized spacial score (nSPS) is 15.4. The maximum atomic E-state index is 12.2. The fourth-order valence-corrected chi connectivity index (χ4v) is 2.79. The molecule has 0 amide bonds. The summed E-state index contributed by atoms with van der Waals surface area (Å²) in [6.45, 7) is 1.60. The van der Waals surface area contributed by atoms with Gasteiger partial charge in [-0.15, -0.1) is 0 Å². The lowest BCUT2D eigenvalue weighted by Gasteiger charge is -2.19. The first-order valence-corrected chi connectivity index (χ1v) is 6.68. The number of fused-ring (bicyclic) bond motifs is 1. The molecule has 2 rings (SSSR count). The lowest BCUT2D eigenvalue weighted by Crippen LogP contribution is -2.34. The number of nitriles is 1. The summed E-state index contributed by atoms with van der Waals surface area (Å²) in [5.41, 5.74) is 0. The van der Waals surface area contributed by atoms with E-state index in [1.807, 2.05) is 6.07 Å². The Morgan fingerprint density at radius 3 is 2.72 bits per heavy atom. The van der Waals surface area contributed by atoms with Gasteiger partial charge in [-0.1, -0.05) is 0 Å². The van der Waals surface area contributed by atoms with Gasteiger partial charge >= 0.3 is 0 Å². The Morgan fingerprint density at radius 1 is 1.39 bits per heavy atom. The standard InChI is InChI=1S/C11H12N2O4S/c1-8(6-12)13(2)18(14,15)9-3-4-10-11(5-9)17-7-16-10/h3-5,8H,7H2,1-2H3. The van der Waals surface area contributed by atoms with Crippen molar-refractivity contribution in [3.8, 4) is 17.6 Å². The van der Waals surface area contributed by atoms with Crippen LogP contribution in [0, 0.1) is 11.3 Å². The monoisotopic (exact) mass is 268 g/mol. The minimum atomic E-state index is -3.70. The molecule has 1 atom stereocenters. The fraction of sp³-hybridized carbons (Fsp3) is 0.364. The summed E-state index contributed by atoms with van der Waals surface area (Å²) in [5.74, 6) is 0.916. The van der Waals surface area contributed by atoms with Crippen LogP contribution in [0.3, 0.4) is 0 Å². The van der Waals surface area contributed by atoms with Gasteiger partial charge in [-0.3, -0.25) is 0 Å². The van der Waals surface area contributed by atoms with Gasteiger partial charge in [0.05, 0.1) is 11.0 Å². The Bertz CT molecular complexity index is 606. The fourth-order valence-electron chi connectivity index (χ4n) is 1.49. The molecule has 0 spiro atoms. The molecule has 0 N–H and O–H groups in total. The van der Waals surface area contributed by atoms with Crippen molar-refractivity contribution in [1.29, 1.82) is 5.26 Å². The van der Waals surface area contributed by atoms with Gasteiger partial charge in [-0.05, 0) is 19.1 Å². The minimum absolute atomic E-state index is 0.0800. The van der Waals surface area contributed by atoms with Gasteiger partial charge in [0, 0.05) is 13.1 Å². The Labute approximate surface area is 105 Å². The van der Waals surface area contributed by atoms with Crippen molar-refractivity contribution in [2.75, 3.05) is 13.8 Å². The Morgan fingerprint density at radius 2 is 2.06 bits per heavy atom. The van der Waals surface area contributed by atoms with Gasteiger partial charge in [-0.2, -0.15) is 9.57 Å². The van der Waals surface area contributed by atoms with Crippen LogP contribution >= 0.6 is 0 Å². The van der Waals surface area contributed by atoms with Crippen molar-refractivity contribution >= 4 is 10.0 Å². The van der Waals surface area contributed by atoms with Crippen LogP contribution in [0.5, 0.6) is 11.5 Å². The highest BCUT2D eigenvalue weighted by molar-refractivity contribution is 7.89. The molecule has 1 aromatic carbocycles. The molecule has 1 aliphatic rings. The van der Waals surface area contributed by atoms with Gasteiger partial charge in [-0.25, -0.2) is 8.42 Å². The highest BCUT2D eigenvalue weighted by atomic mass is 32.2. The first-order chi connectivity index (χ1) is 8.46. The summed E-state index contributed by atoms with van der Waals surface area (Å²) in [6.07, 6.45) is 0. The molecule has 0 saturated carbocycles. The van der Waals surface area contributed by atoms with Crippen molar-refractivity contribution in [1.82, 2.24) is 4.31 Å². The second-order valence-electron chi connectivity index (χ2n) is 3.84. The van der Waals surface area contributed by atoms with Gasteiger partial charge in [0.25, 0.3) is 0 Å². The zero-order valence-corrected chi connectivity index (χ0v) is 10.8. The molecule has 0 aromatic heterocycles. The van der Waals surface area contributed by atoms with Crippen LogP contribution < -0.4 is 9.47 Å². The van der Waals surface area contributed by atoms with Gasteiger partial charge in [0.15, 0.2) is 11.5 Å². The van der Waals surface area contributed by atoms with E-state index in [-0.39, 0.29) is 11.7 Å². The summed E-state index contributed by atoms with van der Waals surface area (Å²) >= 11 is 0. The van der Waals surface area contributed by atoms with Gasteiger partial charge in [0.1, 0.15) is 6.04 Å². The molecule has 1 unspecified atom stereocenters. The van der Waals surface area contributed by atoms with Crippen LogP contribution in [0.2, 0.25) is 0 Å². The van der Waals surface area contributed by atoms with Crippen molar-refractivity contribution < 1.29 is 17.9 Å². The van der Waals surface area contributed by atoms with Gasteiger partial charge in [0.2, 0.25) is 16.8 Å². The third kappa shape index (κ3) is 2.00. The van der Waals surface area contributed by atoms with E-state index in [1.165, 1.54) is 26.1 Å². The van der Waals surface area contributed by atoms with E-state index in [9.17, 15) is 8.42 Å². The summed E-state index contributed by atoms with van der Waals surface area (Å²) in [5, 5.41) is 8.77. The van der Waals surface area contributed by atoms with Crippen LogP contribution in [-0.2, 0) is 10.0 Å². The zero-order valence-electron chi connectivity index (χ0n) is 9.95. The van der Waals surface area contributed by atoms with Crippen LogP contribution in [0.15, 0.2) is 23.1 Å². The molecule has 0 fully saturated rings. The molecule has 0 saturated heterocycles. The van der Waals surface area contributed by atoms with Crippen LogP contribution in [-0.4, -0.2) is 32.6 Å². The molecule has 1 aromatic rings. The highest BCUT2D eigenvalue weighted by Gasteiger charge is 2.27. The predicted octanol–water partition coefficient (Wildman–Crippen LogP) is 0.948. The average molecular weight is 268 g/mol. The third-order valence-electron chi connectivity index (χ3n) is 2.75. The van der Waals surface area contributed by atoms with E-state index < -0.39 is 16.1 Å². The van der Waals surface area contributed by atoms with Gasteiger partial charge < -0.3 is 9.47 Å². The second-order valence-corrected chi connectivity index (χ2v) is 5.84. The summed E-state index contributed by atoms with van der Waals surface area (Å²) in [7, 11) is -2.33. The molecule has 1 heterocycles. The van der Waals surface area contributed by atoms with Crippen LogP contribution in [0.25, 0.3) is 0 Å². The lowest BCUT2D eigenvalue weighted by molar-refractivity contribution is 0.174. The topological polar surface area (TPSA) is 79.6 Å². The van der Waals surface area contributed by atoms with Crippen molar-refractivity contribution in [3.63, 3.8) is 0 Å². The van der Waals surface area contributed by atoms with Crippen molar-refractivity contribution in [2.45, 2.75) is 17.9 Å². The van der Waals surface area contributed by atoms with Crippen LogP contribution in [0.1, 0.15) is 6.92 Å². The van der Waals surface area contributed by atoms with E-state index in [4.69, 9.17) is 14.7 Å². The largest absolute Gasteiger partial charge is 0.454 e. The maximum Gasteiger partial charge on any atom is 0.244 e. The molecule has 18 heavy (non-hydrogen) atoms. The molecule has 6 nitrogen and oxygen atoms in total. The van der Waals surface area contributed by atoms with Crippen molar-refractivity contribution in [2.24, 2.45) is 0 Å². The Kier molecular flexibility index (Phi) is 3.15. The number of hydrogen-bond acceptors (Lipinski definition) is 5. The van der Waals surface area contributed by atoms with E-state index in [1.54, 1.807) is 6.07 Å². The van der Waals surface area contributed by atoms with E-state index in [0.717, 1.165) is 4.31 Å². The average Bonchev–Trinajstić information content (AvgIpc) is 2.83. The van der Waals surface area contributed by atoms with Crippen molar-refractivity contribution in [3.05, 3.63) is 18.2 Å². The van der Waals surface area contributed by atoms with E-state index in [2.05, 4.69) is 0 Å². The first-order valence-electron chi connectivity index (χ1n) is 5.24. The summed E-state index contributed by atoms with van der Waals surface area (Å²) in [4.78, 5) is 0.0800. The minimum Gasteiger partial charge on any atom is -0.454 e. The molecular weight excluding hydrogens is 256 g/mol. The summed E-state index contributed by atoms with van der Waals surface area (Å²) < 4.78 is 35.7. The predicted molar refractivity (Wildman–Crippen MR) is 62.6 cm³/mol. The lowest BCUT2D eigenvalue weighted by atomic mass is 10.3. The number of ether oxygens (including phenoxy) is 2. The summed E-state index contributed by atoms with van der Waals surface area (Å²) in [6, 6.07) is 5.52. The number of nitrogens with zero attached hydrogens (tertiary/aromatic N) is 2. The van der Waals surface area contributed by atoms with E-state index in [0.29, 0.717) is 11.5 Å². The zero-order chi connectivity index (χ0) is 13.3. The van der Waals surface area contributed by atoms with Crippen LogP contribution in [0.4, 0.5) is 0 Å². The maximum absolute atomic E-state index is 12.2. The quantitative estimate of drug-likeness (QED) is 0.815. The third-order valence-corrected chi connectivity index (χ3v) is 4.68. The number of benzene rings is 1. The highest BCUT2D eigenvalue weighted by Crippen LogP contribution is 2.34. The number of sulfonamides is 1. The molecule has 7 heteroatoms. The smallest absolute Gasteiger partial charge is 0.244 e. The Balaban J connectivity index is 2.40. The molecular formula is C11H12N2O4S. The molecule has 0 radical (unpaired) electrons. The first kappa shape index (κ1) is 12.7. The molecule has 96 valence electrons. The molecule has 0 bridgehead atoms. The second kappa shape index (κ2) is 4.48. The van der Waals surface area contributed by atoms with E-state index >= 15 is 0 Å². The number of rotatable bonds is 3. The Hall–Kier alpha value is -1.78. The molecule has 1 aliphatic heterocycles.